The minimum Gasteiger partial charge on any atom is -0.329 e. The van der Waals surface area contributed by atoms with Crippen LogP contribution in [0.15, 0.2) is 22.9 Å². The number of piperidine rings is 1. The van der Waals surface area contributed by atoms with Gasteiger partial charge in [-0.1, -0.05) is 5.16 Å². The second kappa shape index (κ2) is 5.44. The molecule has 0 radical (unpaired) electrons. The first-order chi connectivity index (χ1) is 10.0. The molecule has 21 heavy (non-hydrogen) atoms. The second-order valence-electron chi connectivity index (χ2n) is 4.94. The van der Waals surface area contributed by atoms with Gasteiger partial charge in [-0.2, -0.15) is 18.2 Å². The number of hydrogen-bond acceptors (Lipinski definition) is 5. The highest BCUT2D eigenvalue weighted by Gasteiger charge is 2.38. The summed E-state index contributed by atoms with van der Waals surface area (Å²) in [6, 6.07) is 3.59. The van der Waals surface area contributed by atoms with Gasteiger partial charge < -0.3 is 9.84 Å². The fraction of sp³-hybridized carbons (Fsp3) is 0.462. The van der Waals surface area contributed by atoms with Crippen molar-refractivity contribution in [2.24, 2.45) is 0 Å². The predicted molar refractivity (Wildman–Crippen MR) is 67.4 cm³/mol. The summed E-state index contributed by atoms with van der Waals surface area (Å²) in [4.78, 5) is 7.38. The molecule has 1 aliphatic heterocycles. The molecule has 2 aromatic heterocycles. The van der Waals surface area contributed by atoms with Crippen LogP contribution in [0.5, 0.6) is 0 Å². The van der Waals surface area contributed by atoms with E-state index in [1.165, 1.54) is 0 Å². The summed E-state index contributed by atoms with van der Waals surface area (Å²) in [5.41, 5.74) is 1.31. The minimum absolute atomic E-state index is 0.145. The van der Waals surface area contributed by atoms with Gasteiger partial charge in [-0.25, -0.2) is 0 Å². The van der Waals surface area contributed by atoms with Gasteiger partial charge >= 0.3 is 12.1 Å². The lowest BCUT2D eigenvalue weighted by Gasteiger charge is -2.23. The van der Waals surface area contributed by atoms with E-state index in [9.17, 15) is 13.2 Å². The molecule has 0 bridgehead atoms. The summed E-state index contributed by atoms with van der Waals surface area (Å²) in [6.45, 7) is 1.84. The van der Waals surface area contributed by atoms with Crippen LogP contribution in [0.2, 0.25) is 0 Å². The maximum atomic E-state index is 12.5. The number of nitrogens with zero attached hydrogens (tertiary/aromatic N) is 3. The molecule has 1 atom stereocenters. The smallest absolute Gasteiger partial charge is 0.329 e. The van der Waals surface area contributed by atoms with Crippen molar-refractivity contribution in [1.82, 2.24) is 20.4 Å². The minimum atomic E-state index is -4.64. The fourth-order valence-corrected chi connectivity index (χ4v) is 2.40. The molecule has 1 saturated heterocycles. The van der Waals surface area contributed by atoms with Gasteiger partial charge in [0.1, 0.15) is 5.69 Å². The molecule has 5 nitrogen and oxygen atoms in total. The molecule has 0 aliphatic carbocycles. The zero-order valence-electron chi connectivity index (χ0n) is 11.0. The zero-order chi connectivity index (χ0) is 14.9. The lowest BCUT2D eigenvalue weighted by atomic mass is 9.92. The maximum absolute atomic E-state index is 12.5. The third-order valence-electron chi connectivity index (χ3n) is 3.45. The molecule has 1 aliphatic rings. The van der Waals surface area contributed by atoms with Crippen molar-refractivity contribution in [3.8, 4) is 11.5 Å². The van der Waals surface area contributed by atoms with E-state index in [2.05, 4.69) is 25.0 Å². The lowest BCUT2D eigenvalue weighted by molar-refractivity contribution is -0.159. The van der Waals surface area contributed by atoms with Crippen LogP contribution in [0.1, 0.15) is 30.2 Å². The molecule has 1 unspecified atom stereocenters. The predicted octanol–water partition coefficient (Wildman–Crippen LogP) is 2.62. The Hall–Kier alpha value is -1.96. The summed E-state index contributed by atoms with van der Waals surface area (Å²) >= 11 is 0. The highest BCUT2D eigenvalue weighted by Crippen LogP contribution is 2.30. The van der Waals surface area contributed by atoms with E-state index < -0.39 is 12.1 Å². The Balaban J connectivity index is 1.87. The van der Waals surface area contributed by atoms with E-state index in [-0.39, 0.29) is 11.5 Å². The average molecular weight is 298 g/mol. The van der Waals surface area contributed by atoms with E-state index >= 15 is 0 Å². The van der Waals surface area contributed by atoms with Crippen molar-refractivity contribution in [1.29, 1.82) is 0 Å². The molecule has 0 aromatic carbocycles. The quantitative estimate of drug-likeness (QED) is 0.923. The van der Waals surface area contributed by atoms with Crippen molar-refractivity contribution in [3.63, 3.8) is 0 Å². The summed E-state index contributed by atoms with van der Waals surface area (Å²) in [7, 11) is 0. The molecule has 3 heterocycles. The van der Waals surface area contributed by atoms with Crippen LogP contribution in [-0.2, 0) is 6.18 Å². The topological polar surface area (TPSA) is 63.8 Å². The number of hydrogen-bond donors (Lipinski definition) is 1. The van der Waals surface area contributed by atoms with Gasteiger partial charge in [0.05, 0.1) is 0 Å². The molecule has 0 spiro atoms. The zero-order valence-corrected chi connectivity index (χ0v) is 11.0. The largest absolute Gasteiger partial charge is 0.471 e. The molecule has 0 saturated carbocycles. The SMILES string of the molecule is FC(F)(F)c1nc(-c2cc(C3CCCNC3)ccn2)no1. The van der Waals surface area contributed by atoms with Gasteiger partial charge in [0.2, 0.25) is 5.82 Å². The Bertz CT molecular complexity index is 620. The van der Waals surface area contributed by atoms with Crippen LogP contribution in [0.4, 0.5) is 13.2 Å². The molecule has 0 amide bonds. The number of pyridine rings is 1. The molecule has 112 valence electrons. The number of halogens is 3. The fourth-order valence-electron chi connectivity index (χ4n) is 2.40. The van der Waals surface area contributed by atoms with Crippen LogP contribution in [-0.4, -0.2) is 28.2 Å². The Morgan fingerprint density at radius 3 is 2.86 bits per heavy atom. The first-order valence-corrected chi connectivity index (χ1v) is 6.62. The third-order valence-corrected chi connectivity index (χ3v) is 3.45. The van der Waals surface area contributed by atoms with Crippen LogP contribution >= 0.6 is 0 Å². The van der Waals surface area contributed by atoms with Gasteiger partial charge in [0.15, 0.2) is 0 Å². The van der Waals surface area contributed by atoms with E-state index in [4.69, 9.17) is 0 Å². The van der Waals surface area contributed by atoms with Crippen molar-refractivity contribution < 1.29 is 17.7 Å². The summed E-state index contributed by atoms with van der Waals surface area (Å²) in [5.74, 6) is -1.17. The highest BCUT2D eigenvalue weighted by molar-refractivity contribution is 5.49. The first-order valence-electron chi connectivity index (χ1n) is 6.62. The summed E-state index contributed by atoms with van der Waals surface area (Å²) < 4.78 is 41.6. The molecule has 1 fully saturated rings. The van der Waals surface area contributed by atoms with Gasteiger partial charge in [-0.3, -0.25) is 4.98 Å². The number of rotatable bonds is 2. The van der Waals surface area contributed by atoms with Crippen LogP contribution in [0, 0.1) is 0 Å². The first kappa shape index (κ1) is 14.0. The van der Waals surface area contributed by atoms with Crippen LogP contribution in [0.3, 0.4) is 0 Å². The van der Waals surface area contributed by atoms with E-state index in [1.54, 1.807) is 12.3 Å². The van der Waals surface area contributed by atoms with Crippen molar-refractivity contribution in [3.05, 3.63) is 29.8 Å². The third kappa shape index (κ3) is 3.05. The Morgan fingerprint density at radius 2 is 2.19 bits per heavy atom. The molecule has 8 heteroatoms. The van der Waals surface area contributed by atoms with Gasteiger partial charge in [0, 0.05) is 12.7 Å². The monoisotopic (exact) mass is 298 g/mol. The Morgan fingerprint density at radius 1 is 1.33 bits per heavy atom. The van der Waals surface area contributed by atoms with E-state index in [0.29, 0.717) is 5.92 Å². The lowest BCUT2D eigenvalue weighted by Crippen LogP contribution is -2.28. The van der Waals surface area contributed by atoms with E-state index in [1.807, 2.05) is 6.07 Å². The van der Waals surface area contributed by atoms with Gasteiger partial charge in [-0.05, 0) is 43.0 Å². The second-order valence-corrected chi connectivity index (χ2v) is 4.94. The summed E-state index contributed by atoms with van der Waals surface area (Å²) in [6.07, 6.45) is -0.974. The molecular formula is C13H13F3N4O. The van der Waals surface area contributed by atoms with Gasteiger partial charge in [0.25, 0.3) is 0 Å². The highest BCUT2D eigenvalue weighted by atomic mass is 19.4. The number of nitrogens with one attached hydrogen (secondary N) is 1. The van der Waals surface area contributed by atoms with Crippen LogP contribution in [0.25, 0.3) is 11.5 Å². The maximum Gasteiger partial charge on any atom is 0.471 e. The van der Waals surface area contributed by atoms with Crippen molar-refractivity contribution >= 4 is 0 Å². The standard InChI is InChI=1S/C13H13F3N4O/c14-13(15,16)12-19-11(20-21-12)10-6-8(3-5-18-10)9-2-1-4-17-7-9/h3,5-6,9,17H,1-2,4,7H2. The summed E-state index contributed by atoms with van der Waals surface area (Å²) in [5, 5.41) is 6.65. The van der Waals surface area contributed by atoms with Crippen molar-refractivity contribution in [2.75, 3.05) is 13.1 Å². The molecule has 1 N–H and O–H groups in total. The molecule has 3 rings (SSSR count). The van der Waals surface area contributed by atoms with E-state index in [0.717, 1.165) is 31.5 Å². The molecular weight excluding hydrogens is 285 g/mol. The molecule has 2 aromatic rings. The normalized spacial score (nSPS) is 19.7. The Kier molecular flexibility index (Phi) is 3.62. The van der Waals surface area contributed by atoms with Crippen LogP contribution < -0.4 is 5.32 Å². The number of alkyl halides is 3. The Labute approximate surface area is 118 Å². The van der Waals surface area contributed by atoms with Gasteiger partial charge in [-0.15, -0.1) is 0 Å². The average Bonchev–Trinajstić information content (AvgIpc) is 2.98. The van der Waals surface area contributed by atoms with Crippen molar-refractivity contribution in [2.45, 2.75) is 24.9 Å². The number of aromatic nitrogens is 3.